The first kappa shape index (κ1) is 19.1. The maximum atomic E-state index is 6.14. The minimum absolute atomic E-state index is 0.506. The summed E-state index contributed by atoms with van der Waals surface area (Å²) in [5.74, 6) is 0. The van der Waals surface area contributed by atoms with E-state index in [-0.39, 0.29) is 0 Å². The summed E-state index contributed by atoms with van der Waals surface area (Å²) in [5.41, 5.74) is 12.6. The standard InChI is InChI=1S/C33H23NO/c1-2-7-21(8-3-1)22-13-15-29-24(17-22)19-26-20-25-18-23(14-16-30(25)34(26)29)27-10-6-12-32-33(27)28-9-4-5-11-31(28)35-32/h1-18,26H,19-20H2. The molecule has 1 atom stereocenters. The third-order valence-electron chi connectivity index (χ3n) is 7.77. The average Bonchev–Trinajstić information content (AvgIpc) is 3.57. The molecule has 2 aliphatic heterocycles. The molecule has 1 unspecified atom stereocenters. The van der Waals surface area contributed by atoms with Crippen molar-refractivity contribution in [3.8, 4) is 22.3 Å². The average molecular weight is 450 g/mol. The van der Waals surface area contributed by atoms with Crippen molar-refractivity contribution < 1.29 is 4.42 Å². The summed E-state index contributed by atoms with van der Waals surface area (Å²) in [4.78, 5) is 2.57. The molecular formula is C33H23NO. The molecule has 2 heteroatoms. The molecular weight excluding hydrogens is 426 g/mol. The van der Waals surface area contributed by atoms with E-state index in [1.54, 1.807) is 0 Å². The SMILES string of the molecule is c1ccc(-c2ccc3c(c2)CC2Cc4cc(-c5cccc6oc7ccccc7c56)ccc4N32)cc1. The number of furan rings is 1. The van der Waals surface area contributed by atoms with E-state index in [1.807, 2.05) is 6.07 Å². The monoisotopic (exact) mass is 449 g/mol. The van der Waals surface area contributed by atoms with Crippen molar-refractivity contribution in [1.82, 2.24) is 0 Å². The second-order valence-corrected chi connectivity index (χ2v) is 9.76. The number of hydrogen-bond donors (Lipinski definition) is 0. The molecule has 0 N–H and O–H groups in total. The zero-order valence-corrected chi connectivity index (χ0v) is 19.2. The fourth-order valence-corrected chi connectivity index (χ4v) is 6.25. The van der Waals surface area contributed by atoms with Crippen molar-refractivity contribution in [1.29, 1.82) is 0 Å². The number of para-hydroxylation sites is 1. The fourth-order valence-electron chi connectivity index (χ4n) is 6.25. The summed E-state index contributed by atoms with van der Waals surface area (Å²) in [6.07, 6.45) is 2.18. The topological polar surface area (TPSA) is 16.4 Å². The largest absolute Gasteiger partial charge is 0.456 e. The van der Waals surface area contributed by atoms with Gasteiger partial charge in [0, 0.05) is 28.2 Å². The van der Waals surface area contributed by atoms with Gasteiger partial charge in [-0.15, -0.1) is 0 Å². The lowest BCUT2D eigenvalue weighted by Gasteiger charge is -2.21. The van der Waals surface area contributed by atoms with Crippen LogP contribution in [0.15, 0.2) is 114 Å². The Bertz CT molecular complexity index is 1760. The Morgan fingerprint density at radius 1 is 0.571 bits per heavy atom. The van der Waals surface area contributed by atoms with E-state index in [4.69, 9.17) is 4.42 Å². The van der Waals surface area contributed by atoms with Gasteiger partial charge in [-0.1, -0.05) is 72.8 Å². The number of benzene rings is 5. The molecule has 0 radical (unpaired) electrons. The van der Waals surface area contributed by atoms with Gasteiger partial charge in [0.25, 0.3) is 0 Å². The molecule has 0 bridgehead atoms. The van der Waals surface area contributed by atoms with Crippen LogP contribution in [-0.2, 0) is 12.8 Å². The highest BCUT2D eigenvalue weighted by Gasteiger charge is 2.37. The molecule has 2 aliphatic rings. The summed E-state index contributed by atoms with van der Waals surface area (Å²) in [6, 6.07) is 39.9. The molecule has 2 nitrogen and oxygen atoms in total. The summed E-state index contributed by atoms with van der Waals surface area (Å²) in [7, 11) is 0. The zero-order chi connectivity index (χ0) is 22.9. The molecule has 0 saturated carbocycles. The highest BCUT2D eigenvalue weighted by Crippen LogP contribution is 2.48. The molecule has 0 fully saturated rings. The third-order valence-corrected chi connectivity index (χ3v) is 7.77. The molecule has 0 aliphatic carbocycles. The number of fused-ring (bicyclic) bond motifs is 8. The summed E-state index contributed by atoms with van der Waals surface area (Å²) < 4.78 is 6.14. The van der Waals surface area contributed by atoms with E-state index < -0.39 is 0 Å². The Balaban J connectivity index is 1.21. The van der Waals surface area contributed by atoms with Crippen molar-refractivity contribution in [3.63, 3.8) is 0 Å². The van der Waals surface area contributed by atoms with Gasteiger partial charge in [-0.25, -0.2) is 0 Å². The van der Waals surface area contributed by atoms with Crippen LogP contribution in [0.4, 0.5) is 11.4 Å². The second-order valence-electron chi connectivity index (χ2n) is 9.76. The number of anilines is 2. The molecule has 166 valence electrons. The molecule has 1 aromatic heterocycles. The van der Waals surface area contributed by atoms with E-state index in [0.29, 0.717) is 6.04 Å². The number of rotatable bonds is 2. The summed E-state index contributed by atoms with van der Waals surface area (Å²) in [5, 5.41) is 2.39. The highest BCUT2D eigenvalue weighted by atomic mass is 16.3. The maximum absolute atomic E-state index is 6.14. The lowest BCUT2D eigenvalue weighted by molar-refractivity contribution is 0.669. The molecule has 6 aromatic rings. The molecule has 0 saturated heterocycles. The van der Waals surface area contributed by atoms with Gasteiger partial charge in [-0.05, 0) is 82.6 Å². The van der Waals surface area contributed by atoms with Crippen molar-refractivity contribution >= 4 is 33.3 Å². The third kappa shape index (κ3) is 2.77. The molecule has 0 spiro atoms. The first-order chi connectivity index (χ1) is 17.3. The van der Waals surface area contributed by atoms with Crippen molar-refractivity contribution in [2.45, 2.75) is 18.9 Å². The van der Waals surface area contributed by atoms with Crippen LogP contribution in [0.1, 0.15) is 11.1 Å². The second kappa shape index (κ2) is 7.10. The van der Waals surface area contributed by atoms with Crippen molar-refractivity contribution in [3.05, 3.63) is 120 Å². The normalized spacial score (nSPS) is 16.0. The molecule has 3 heterocycles. The van der Waals surface area contributed by atoms with Gasteiger partial charge < -0.3 is 9.32 Å². The molecule has 0 amide bonds. The van der Waals surface area contributed by atoms with Crippen molar-refractivity contribution in [2.24, 2.45) is 0 Å². The Hall–Kier alpha value is -4.30. The van der Waals surface area contributed by atoms with Crippen LogP contribution in [0, 0.1) is 0 Å². The van der Waals surface area contributed by atoms with Gasteiger partial charge in [0.1, 0.15) is 11.2 Å². The first-order valence-corrected chi connectivity index (χ1v) is 12.3. The van der Waals surface area contributed by atoms with E-state index >= 15 is 0 Å². The smallest absolute Gasteiger partial charge is 0.136 e. The van der Waals surface area contributed by atoms with Gasteiger partial charge in [-0.3, -0.25) is 0 Å². The van der Waals surface area contributed by atoms with Crippen LogP contribution >= 0.6 is 0 Å². The minimum Gasteiger partial charge on any atom is -0.456 e. The van der Waals surface area contributed by atoms with E-state index in [0.717, 1.165) is 24.0 Å². The quantitative estimate of drug-likeness (QED) is 0.263. The lowest BCUT2D eigenvalue weighted by Crippen LogP contribution is -2.22. The number of nitrogens with zero attached hydrogens (tertiary/aromatic N) is 1. The summed E-state index contributed by atoms with van der Waals surface area (Å²) >= 11 is 0. The van der Waals surface area contributed by atoms with Crippen LogP contribution in [0.25, 0.3) is 44.2 Å². The fraction of sp³-hybridized carbons (Fsp3) is 0.0909. The molecule has 5 aromatic carbocycles. The van der Waals surface area contributed by atoms with E-state index in [9.17, 15) is 0 Å². The van der Waals surface area contributed by atoms with Gasteiger partial charge in [0.2, 0.25) is 0 Å². The Kier molecular flexibility index (Phi) is 3.86. The summed E-state index contributed by atoms with van der Waals surface area (Å²) in [6.45, 7) is 0. The number of hydrogen-bond acceptors (Lipinski definition) is 2. The predicted octanol–water partition coefficient (Wildman–Crippen LogP) is 8.54. The van der Waals surface area contributed by atoms with E-state index in [1.165, 1.54) is 55.5 Å². The Morgan fingerprint density at radius 3 is 2.09 bits per heavy atom. The molecule has 8 rings (SSSR count). The zero-order valence-electron chi connectivity index (χ0n) is 19.2. The van der Waals surface area contributed by atoms with Gasteiger partial charge in [0.05, 0.1) is 0 Å². The van der Waals surface area contributed by atoms with Gasteiger partial charge in [-0.2, -0.15) is 0 Å². The van der Waals surface area contributed by atoms with Crippen LogP contribution in [-0.4, -0.2) is 6.04 Å². The van der Waals surface area contributed by atoms with Crippen LogP contribution in [0.5, 0.6) is 0 Å². The highest BCUT2D eigenvalue weighted by molar-refractivity contribution is 6.12. The minimum atomic E-state index is 0.506. The Morgan fingerprint density at radius 2 is 1.26 bits per heavy atom. The first-order valence-electron chi connectivity index (χ1n) is 12.3. The Labute approximate surface area is 204 Å². The van der Waals surface area contributed by atoms with Gasteiger partial charge in [0.15, 0.2) is 0 Å². The predicted molar refractivity (Wildman–Crippen MR) is 144 cm³/mol. The van der Waals surface area contributed by atoms with Gasteiger partial charge >= 0.3 is 0 Å². The van der Waals surface area contributed by atoms with E-state index in [2.05, 4.69) is 108 Å². The van der Waals surface area contributed by atoms with Crippen LogP contribution in [0.2, 0.25) is 0 Å². The van der Waals surface area contributed by atoms with Crippen LogP contribution < -0.4 is 4.90 Å². The molecule has 35 heavy (non-hydrogen) atoms. The van der Waals surface area contributed by atoms with Crippen molar-refractivity contribution in [2.75, 3.05) is 4.90 Å². The lowest BCUT2D eigenvalue weighted by atomic mass is 9.95. The maximum Gasteiger partial charge on any atom is 0.136 e. The van der Waals surface area contributed by atoms with Crippen LogP contribution in [0.3, 0.4) is 0 Å².